The number of nitrogens with zero attached hydrogens (tertiary/aromatic N) is 1. The van der Waals surface area contributed by atoms with Gasteiger partial charge in [-0.25, -0.2) is 0 Å². The molecule has 0 spiro atoms. The molecule has 1 heteroatoms. The zero-order valence-electron chi connectivity index (χ0n) is 38.1. The Kier molecular flexibility index (Phi) is 10.3. The van der Waals surface area contributed by atoms with Crippen molar-refractivity contribution in [2.45, 2.75) is 59.3 Å². The SMILES string of the molecule is Cc1ccc(-c2ccc3c(c2)c2cc4c(cc2n3-c2ccccc2)C(C)(C)c2ccccc2-4)cc1.Cc1ccc(-c2ccccc2)cc1.Cc1cccc2c1C(C)(C)c1ccccc1-2. The van der Waals surface area contributed by atoms with Gasteiger partial charge in [0.25, 0.3) is 0 Å². The van der Waals surface area contributed by atoms with Crippen LogP contribution in [0.1, 0.15) is 66.6 Å². The van der Waals surface area contributed by atoms with Gasteiger partial charge in [-0.3, -0.25) is 0 Å². The number of benzene rings is 9. The summed E-state index contributed by atoms with van der Waals surface area (Å²) in [5.74, 6) is 0. The predicted molar refractivity (Wildman–Crippen MR) is 274 cm³/mol. The summed E-state index contributed by atoms with van der Waals surface area (Å²) in [6.45, 7) is 15.8. The van der Waals surface area contributed by atoms with E-state index in [2.05, 4.69) is 253 Å². The molecular formula is C63H55N. The van der Waals surface area contributed by atoms with Crippen LogP contribution in [0.5, 0.6) is 0 Å². The molecule has 0 bridgehead atoms. The van der Waals surface area contributed by atoms with E-state index >= 15 is 0 Å². The minimum atomic E-state index is -0.0227. The van der Waals surface area contributed by atoms with Gasteiger partial charge in [-0.2, -0.15) is 0 Å². The summed E-state index contributed by atoms with van der Waals surface area (Å²) in [4.78, 5) is 0. The highest BCUT2D eigenvalue weighted by Crippen LogP contribution is 2.52. The summed E-state index contributed by atoms with van der Waals surface area (Å²) in [5, 5.41) is 2.61. The number of fused-ring (bicyclic) bond motifs is 9. The fourth-order valence-electron chi connectivity index (χ4n) is 10.5. The summed E-state index contributed by atoms with van der Waals surface area (Å²) >= 11 is 0. The lowest BCUT2D eigenvalue weighted by Gasteiger charge is -2.23. The molecule has 2 aliphatic rings. The van der Waals surface area contributed by atoms with Gasteiger partial charge in [-0.05, 0) is 129 Å². The fraction of sp³-hybridized carbons (Fsp3) is 0.143. The van der Waals surface area contributed by atoms with Crippen molar-refractivity contribution in [3.05, 3.63) is 245 Å². The van der Waals surface area contributed by atoms with Crippen LogP contribution in [0.25, 0.3) is 72.0 Å². The number of hydrogen-bond acceptors (Lipinski definition) is 0. The van der Waals surface area contributed by atoms with Gasteiger partial charge in [-0.15, -0.1) is 0 Å². The minimum Gasteiger partial charge on any atom is -0.309 e. The highest BCUT2D eigenvalue weighted by atomic mass is 15.0. The van der Waals surface area contributed by atoms with Crippen molar-refractivity contribution in [3.63, 3.8) is 0 Å². The highest BCUT2D eigenvalue weighted by molar-refractivity contribution is 6.12. The molecule has 2 aliphatic carbocycles. The van der Waals surface area contributed by atoms with Crippen molar-refractivity contribution < 1.29 is 0 Å². The minimum absolute atomic E-state index is 0.0227. The molecule has 0 unspecified atom stereocenters. The van der Waals surface area contributed by atoms with Crippen LogP contribution >= 0.6 is 0 Å². The molecule has 64 heavy (non-hydrogen) atoms. The first-order chi connectivity index (χ1) is 31.0. The second kappa shape index (κ2) is 16.2. The van der Waals surface area contributed by atoms with Gasteiger partial charge in [0.05, 0.1) is 11.0 Å². The fourth-order valence-corrected chi connectivity index (χ4v) is 10.5. The molecule has 0 amide bonds. The maximum Gasteiger partial charge on any atom is 0.0544 e. The first kappa shape index (κ1) is 40.8. The van der Waals surface area contributed by atoms with E-state index in [-0.39, 0.29) is 10.8 Å². The third-order valence-electron chi connectivity index (χ3n) is 13.8. The topological polar surface area (TPSA) is 4.93 Å². The van der Waals surface area contributed by atoms with Crippen LogP contribution in [-0.2, 0) is 10.8 Å². The molecule has 0 N–H and O–H groups in total. The molecule has 1 aromatic heterocycles. The third kappa shape index (κ3) is 7.06. The van der Waals surface area contributed by atoms with Crippen LogP contribution in [0.4, 0.5) is 0 Å². The summed E-state index contributed by atoms with van der Waals surface area (Å²) in [6, 6.07) is 74.7. The number of rotatable bonds is 3. The van der Waals surface area contributed by atoms with Crippen molar-refractivity contribution in [1.29, 1.82) is 0 Å². The largest absolute Gasteiger partial charge is 0.309 e. The number of para-hydroxylation sites is 1. The smallest absolute Gasteiger partial charge is 0.0544 e. The lowest BCUT2D eigenvalue weighted by molar-refractivity contribution is 0.655. The van der Waals surface area contributed by atoms with Crippen LogP contribution in [0.15, 0.2) is 206 Å². The molecule has 10 aromatic rings. The zero-order valence-corrected chi connectivity index (χ0v) is 38.1. The molecule has 0 atom stereocenters. The molecule has 0 radical (unpaired) electrons. The Morgan fingerprint density at radius 1 is 0.328 bits per heavy atom. The van der Waals surface area contributed by atoms with Gasteiger partial charge in [0, 0.05) is 27.3 Å². The number of aryl methyl sites for hydroxylation is 3. The van der Waals surface area contributed by atoms with E-state index in [0.29, 0.717) is 0 Å². The van der Waals surface area contributed by atoms with Crippen molar-refractivity contribution in [3.8, 4) is 50.2 Å². The molecule has 1 nitrogen and oxygen atoms in total. The second-order valence-corrected chi connectivity index (χ2v) is 18.8. The maximum absolute atomic E-state index is 2.45. The number of hydrogen-bond donors (Lipinski definition) is 0. The van der Waals surface area contributed by atoms with E-state index in [1.807, 2.05) is 6.07 Å². The first-order valence-corrected chi connectivity index (χ1v) is 22.7. The Balaban J connectivity index is 0.000000137. The Hall–Kier alpha value is -7.22. The summed E-state index contributed by atoms with van der Waals surface area (Å²) in [6.07, 6.45) is 0. The van der Waals surface area contributed by atoms with Gasteiger partial charge in [0.15, 0.2) is 0 Å². The Bertz CT molecular complexity index is 3310. The van der Waals surface area contributed by atoms with Crippen molar-refractivity contribution in [1.82, 2.24) is 4.57 Å². The van der Waals surface area contributed by atoms with Gasteiger partial charge in [-0.1, -0.05) is 209 Å². The first-order valence-electron chi connectivity index (χ1n) is 22.7. The lowest BCUT2D eigenvalue weighted by Crippen LogP contribution is -2.16. The normalized spacial score (nSPS) is 13.5. The summed E-state index contributed by atoms with van der Waals surface area (Å²) in [7, 11) is 0. The van der Waals surface area contributed by atoms with Gasteiger partial charge in [0.2, 0.25) is 0 Å². The Morgan fingerprint density at radius 2 is 0.812 bits per heavy atom. The molecular weight excluding hydrogens is 771 g/mol. The monoisotopic (exact) mass is 825 g/mol. The molecule has 0 saturated carbocycles. The standard InChI is InChI=1S/C34H27N.C16H16.C13H12/c1-22-13-15-23(16-14-22)24-17-18-32-28(19-24)29-20-27-26-11-7-8-12-30(26)34(2,3)31(27)21-33(29)35(32)25-9-5-4-6-10-25;1-11-7-6-9-13-12-8-4-5-10-14(12)16(2,3)15(11)13;1-11-7-9-13(10-8-11)12-5-3-2-4-6-12/h4-21H,1-3H3;4-10H,1-3H3;2-10H,1H3. The van der Waals surface area contributed by atoms with Crippen LogP contribution in [0, 0.1) is 20.8 Å². The van der Waals surface area contributed by atoms with E-state index in [9.17, 15) is 0 Å². The van der Waals surface area contributed by atoms with Gasteiger partial charge < -0.3 is 4.57 Å². The van der Waals surface area contributed by atoms with Gasteiger partial charge in [0.1, 0.15) is 0 Å². The van der Waals surface area contributed by atoms with E-state index in [0.717, 1.165) is 0 Å². The quantitative estimate of drug-likeness (QED) is 0.167. The summed E-state index contributed by atoms with van der Waals surface area (Å²) < 4.78 is 2.43. The van der Waals surface area contributed by atoms with E-state index < -0.39 is 0 Å². The summed E-state index contributed by atoms with van der Waals surface area (Å²) in [5.41, 5.74) is 24.2. The highest BCUT2D eigenvalue weighted by Gasteiger charge is 2.37. The van der Waals surface area contributed by atoms with E-state index in [1.54, 1.807) is 0 Å². The van der Waals surface area contributed by atoms with Crippen molar-refractivity contribution in [2.75, 3.05) is 0 Å². The van der Waals surface area contributed by atoms with Crippen molar-refractivity contribution >= 4 is 21.8 Å². The van der Waals surface area contributed by atoms with E-state index in [4.69, 9.17) is 0 Å². The van der Waals surface area contributed by atoms with Gasteiger partial charge >= 0.3 is 0 Å². The molecule has 9 aromatic carbocycles. The average molecular weight is 826 g/mol. The Labute approximate surface area is 379 Å². The average Bonchev–Trinajstić information content (AvgIpc) is 3.86. The van der Waals surface area contributed by atoms with Crippen LogP contribution in [-0.4, -0.2) is 4.57 Å². The molecule has 312 valence electrons. The lowest BCUT2D eigenvalue weighted by atomic mass is 9.80. The molecule has 12 rings (SSSR count). The van der Waals surface area contributed by atoms with Crippen LogP contribution < -0.4 is 0 Å². The van der Waals surface area contributed by atoms with E-state index in [1.165, 1.54) is 111 Å². The zero-order chi connectivity index (χ0) is 44.2. The number of aromatic nitrogens is 1. The second-order valence-electron chi connectivity index (χ2n) is 18.8. The molecule has 0 saturated heterocycles. The van der Waals surface area contributed by atoms with Crippen molar-refractivity contribution in [2.24, 2.45) is 0 Å². The predicted octanol–water partition coefficient (Wildman–Crippen LogP) is 17.0. The molecule has 0 fully saturated rings. The molecule has 1 heterocycles. The van der Waals surface area contributed by atoms with Crippen LogP contribution in [0.3, 0.4) is 0 Å². The van der Waals surface area contributed by atoms with Crippen LogP contribution in [0.2, 0.25) is 0 Å². The third-order valence-corrected chi connectivity index (χ3v) is 13.8. The molecule has 0 aliphatic heterocycles. The maximum atomic E-state index is 2.45. The Morgan fingerprint density at radius 3 is 1.45 bits per heavy atom.